The molecule has 1 atom stereocenters. The van der Waals surface area contributed by atoms with E-state index >= 15 is 0 Å². The predicted octanol–water partition coefficient (Wildman–Crippen LogP) is 2.49. The Kier molecular flexibility index (Phi) is 3.83. The highest BCUT2D eigenvalue weighted by Gasteiger charge is 2.38. The molecule has 90 valence electrons. The van der Waals surface area contributed by atoms with Gasteiger partial charge in [-0.1, -0.05) is 20.8 Å². The molecule has 1 aliphatic rings. The lowest BCUT2D eigenvalue weighted by Crippen LogP contribution is -2.67. The second-order valence-electron chi connectivity index (χ2n) is 6.35. The van der Waals surface area contributed by atoms with Crippen molar-refractivity contribution in [2.24, 2.45) is 5.92 Å². The Morgan fingerprint density at radius 2 is 1.87 bits per heavy atom. The van der Waals surface area contributed by atoms with Crippen molar-refractivity contribution in [1.29, 1.82) is 0 Å². The van der Waals surface area contributed by atoms with Gasteiger partial charge in [-0.15, -0.1) is 0 Å². The molecule has 1 heterocycles. The Morgan fingerprint density at radius 1 is 1.27 bits per heavy atom. The maximum Gasteiger partial charge on any atom is 0.0278 e. The second-order valence-corrected chi connectivity index (χ2v) is 6.35. The number of rotatable bonds is 3. The van der Waals surface area contributed by atoms with Crippen LogP contribution in [0.1, 0.15) is 48.0 Å². The van der Waals surface area contributed by atoms with Crippen LogP contribution in [0.15, 0.2) is 0 Å². The van der Waals surface area contributed by atoms with Crippen LogP contribution < -0.4 is 5.32 Å². The van der Waals surface area contributed by atoms with Crippen molar-refractivity contribution in [3.8, 4) is 0 Å². The van der Waals surface area contributed by atoms with Crippen LogP contribution >= 0.6 is 0 Å². The maximum atomic E-state index is 3.70. The molecule has 0 saturated carbocycles. The van der Waals surface area contributed by atoms with Crippen molar-refractivity contribution in [2.45, 2.75) is 59.0 Å². The van der Waals surface area contributed by atoms with E-state index in [-0.39, 0.29) is 0 Å². The normalized spacial score (nSPS) is 32.2. The van der Waals surface area contributed by atoms with Crippen molar-refractivity contribution < 1.29 is 0 Å². The van der Waals surface area contributed by atoms with Gasteiger partial charge in [-0.25, -0.2) is 0 Å². The minimum Gasteiger partial charge on any atom is -0.308 e. The van der Waals surface area contributed by atoms with Crippen molar-refractivity contribution in [2.75, 3.05) is 19.6 Å². The fourth-order valence-corrected chi connectivity index (χ4v) is 2.22. The first-order chi connectivity index (χ1) is 6.79. The van der Waals surface area contributed by atoms with E-state index in [9.17, 15) is 0 Å². The van der Waals surface area contributed by atoms with Gasteiger partial charge in [0.1, 0.15) is 0 Å². The summed E-state index contributed by atoms with van der Waals surface area (Å²) in [4.78, 5) is 2.65. The average molecular weight is 212 g/mol. The fraction of sp³-hybridized carbons (Fsp3) is 1.00. The number of hydrogen-bond donors (Lipinski definition) is 1. The van der Waals surface area contributed by atoms with E-state index in [4.69, 9.17) is 0 Å². The summed E-state index contributed by atoms with van der Waals surface area (Å²) in [6.45, 7) is 17.4. The summed E-state index contributed by atoms with van der Waals surface area (Å²) >= 11 is 0. The summed E-state index contributed by atoms with van der Waals surface area (Å²) in [6, 6.07) is 0. The molecule has 1 unspecified atom stereocenters. The van der Waals surface area contributed by atoms with Crippen molar-refractivity contribution >= 4 is 0 Å². The summed E-state index contributed by atoms with van der Waals surface area (Å²) in [6.07, 6.45) is 1.21. The number of hydrogen-bond acceptors (Lipinski definition) is 2. The van der Waals surface area contributed by atoms with Crippen molar-refractivity contribution in [3.63, 3.8) is 0 Å². The van der Waals surface area contributed by atoms with Crippen LogP contribution in [0.4, 0.5) is 0 Å². The zero-order valence-corrected chi connectivity index (χ0v) is 11.4. The quantitative estimate of drug-likeness (QED) is 0.773. The van der Waals surface area contributed by atoms with Gasteiger partial charge < -0.3 is 5.32 Å². The lowest BCUT2D eigenvalue weighted by Gasteiger charge is -2.51. The van der Waals surface area contributed by atoms with E-state index in [1.165, 1.54) is 19.5 Å². The van der Waals surface area contributed by atoms with Gasteiger partial charge in [-0.2, -0.15) is 0 Å². The van der Waals surface area contributed by atoms with Gasteiger partial charge in [0.25, 0.3) is 0 Å². The smallest absolute Gasteiger partial charge is 0.0278 e. The van der Waals surface area contributed by atoms with Crippen LogP contribution in [-0.4, -0.2) is 35.6 Å². The standard InChI is InChI=1S/C13H28N2/c1-7-13(6)10-15(8-11(2)3)12(4,5)9-14-13/h11,14H,7-10H2,1-6H3. The summed E-state index contributed by atoms with van der Waals surface area (Å²) in [5.74, 6) is 0.753. The van der Waals surface area contributed by atoms with Crippen LogP contribution in [0.2, 0.25) is 0 Å². The molecule has 0 amide bonds. The molecule has 2 nitrogen and oxygen atoms in total. The van der Waals surface area contributed by atoms with Gasteiger partial charge in [0.05, 0.1) is 0 Å². The van der Waals surface area contributed by atoms with Gasteiger partial charge in [-0.3, -0.25) is 4.90 Å². The van der Waals surface area contributed by atoms with Gasteiger partial charge >= 0.3 is 0 Å². The van der Waals surface area contributed by atoms with Crippen LogP contribution in [0.25, 0.3) is 0 Å². The summed E-state index contributed by atoms with van der Waals surface area (Å²) in [7, 11) is 0. The van der Waals surface area contributed by atoms with Crippen LogP contribution in [0.5, 0.6) is 0 Å². The van der Waals surface area contributed by atoms with E-state index in [0.29, 0.717) is 11.1 Å². The largest absolute Gasteiger partial charge is 0.308 e. The lowest BCUT2D eigenvalue weighted by atomic mass is 9.88. The third-order valence-corrected chi connectivity index (χ3v) is 3.71. The molecule has 1 aliphatic heterocycles. The minimum absolute atomic E-state index is 0.305. The van der Waals surface area contributed by atoms with E-state index in [0.717, 1.165) is 12.5 Å². The molecule has 0 spiro atoms. The SMILES string of the molecule is CCC1(C)CN(CC(C)C)C(C)(C)CN1. The predicted molar refractivity (Wildman–Crippen MR) is 67.2 cm³/mol. The molecule has 15 heavy (non-hydrogen) atoms. The van der Waals surface area contributed by atoms with Crippen molar-refractivity contribution in [3.05, 3.63) is 0 Å². The lowest BCUT2D eigenvalue weighted by molar-refractivity contribution is 0.0225. The fourth-order valence-electron chi connectivity index (χ4n) is 2.22. The molecule has 2 heteroatoms. The highest BCUT2D eigenvalue weighted by Crippen LogP contribution is 2.26. The molecule has 1 fully saturated rings. The second kappa shape index (κ2) is 4.42. The van der Waals surface area contributed by atoms with Crippen LogP contribution in [-0.2, 0) is 0 Å². The van der Waals surface area contributed by atoms with Gasteiger partial charge in [0, 0.05) is 30.7 Å². The first-order valence-electron chi connectivity index (χ1n) is 6.29. The van der Waals surface area contributed by atoms with E-state index in [2.05, 4.69) is 51.8 Å². The Hall–Kier alpha value is -0.0800. The molecular formula is C13H28N2. The zero-order valence-electron chi connectivity index (χ0n) is 11.4. The van der Waals surface area contributed by atoms with Crippen LogP contribution in [0, 0.1) is 5.92 Å². The van der Waals surface area contributed by atoms with Gasteiger partial charge in [0.15, 0.2) is 0 Å². The Balaban J connectivity index is 2.70. The Bertz CT molecular complexity index is 211. The molecule has 0 radical (unpaired) electrons. The molecule has 0 bridgehead atoms. The monoisotopic (exact) mass is 212 g/mol. The third kappa shape index (κ3) is 3.18. The molecule has 0 aromatic carbocycles. The van der Waals surface area contributed by atoms with E-state index < -0.39 is 0 Å². The van der Waals surface area contributed by atoms with Crippen molar-refractivity contribution in [1.82, 2.24) is 10.2 Å². The zero-order chi connectivity index (χ0) is 11.7. The van der Waals surface area contributed by atoms with Gasteiger partial charge in [-0.05, 0) is 33.1 Å². The topological polar surface area (TPSA) is 15.3 Å². The highest BCUT2D eigenvalue weighted by atomic mass is 15.3. The highest BCUT2D eigenvalue weighted by molar-refractivity contribution is 4.99. The third-order valence-electron chi connectivity index (χ3n) is 3.71. The molecule has 1 N–H and O–H groups in total. The molecule has 1 rings (SSSR count). The number of nitrogens with zero attached hydrogens (tertiary/aromatic N) is 1. The Morgan fingerprint density at radius 3 is 2.33 bits per heavy atom. The Labute approximate surface area is 95.4 Å². The molecule has 0 aromatic heterocycles. The minimum atomic E-state index is 0.305. The average Bonchev–Trinajstić information content (AvgIpc) is 2.12. The van der Waals surface area contributed by atoms with E-state index in [1.54, 1.807) is 0 Å². The number of piperazine rings is 1. The first-order valence-corrected chi connectivity index (χ1v) is 6.29. The van der Waals surface area contributed by atoms with Gasteiger partial charge in [0.2, 0.25) is 0 Å². The maximum absolute atomic E-state index is 3.70. The number of nitrogens with one attached hydrogen (secondary N) is 1. The summed E-state index contributed by atoms with van der Waals surface area (Å²) in [5.41, 5.74) is 0.614. The molecule has 0 aliphatic carbocycles. The van der Waals surface area contributed by atoms with E-state index in [1.807, 2.05) is 0 Å². The summed E-state index contributed by atoms with van der Waals surface area (Å²) in [5, 5.41) is 3.70. The molecular weight excluding hydrogens is 184 g/mol. The molecule has 0 aromatic rings. The first kappa shape index (κ1) is 13.0. The summed E-state index contributed by atoms with van der Waals surface area (Å²) < 4.78 is 0. The molecule has 1 saturated heterocycles. The van der Waals surface area contributed by atoms with Crippen LogP contribution in [0.3, 0.4) is 0 Å².